The van der Waals surface area contributed by atoms with Crippen LogP contribution in [0.15, 0.2) is 59.8 Å². The zero-order valence-corrected chi connectivity index (χ0v) is 20.4. The Morgan fingerprint density at radius 1 is 1.03 bits per heavy atom. The minimum atomic E-state index is -3.33. The highest BCUT2D eigenvalue weighted by Gasteiger charge is 2.17. The zero-order chi connectivity index (χ0) is 24.8. The van der Waals surface area contributed by atoms with Gasteiger partial charge in [-0.25, -0.2) is 18.4 Å². The van der Waals surface area contributed by atoms with Crippen molar-refractivity contribution in [2.45, 2.75) is 31.1 Å². The number of rotatable bonds is 9. The summed E-state index contributed by atoms with van der Waals surface area (Å²) in [6, 6.07) is 11.1. The number of hydrogen-bond donors (Lipinski definition) is 3. The first-order valence-corrected chi connectivity index (χ1v) is 13.2. The van der Waals surface area contributed by atoms with Crippen LogP contribution in [0.2, 0.25) is 0 Å². The smallest absolute Gasteiger partial charge is 0.256 e. The van der Waals surface area contributed by atoms with Crippen molar-refractivity contribution >= 4 is 33.1 Å². The minimum absolute atomic E-state index is 0.0115. The molecule has 1 fully saturated rings. The molecule has 2 aromatic carbocycles. The van der Waals surface area contributed by atoms with Crippen molar-refractivity contribution in [3.63, 3.8) is 0 Å². The number of anilines is 3. The molecule has 1 aromatic heterocycles. The zero-order valence-electron chi connectivity index (χ0n) is 19.6. The van der Waals surface area contributed by atoms with Crippen LogP contribution in [-0.2, 0) is 9.84 Å². The number of nitrogens with one attached hydrogen (secondary N) is 2. The Hall–Kier alpha value is -3.50. The summed E-state index contributed by atoms with van der Waals surface area (Å²) in [7, 11) is -3.33. The molecular weight excluding hydrogens is 466 g/mol. The lowest BCUT2D eigenvalue weighted by molar-refractivity contribution is 0.102. The highest BCUT2D eigenvalue weighted by atomic mass is 32.2. The maximum Gasteiger partial charge on any atom is 0.256 e. The molecule has 1 amide bonds. The average molecular weight is 496 g/mol. The Bertz CT molecular complexity index is 1270. The van der Waals surface area contributed by atoms with Crippen LogP contribution in [0.3, 0.4) is 0 Å². The number of phenols is 1. The van der Waals surface area contributed by atoms with E-state index in [0.29, 0.717) is 34.2 Å². The normalized spacial score (nSPS) is 14.1. The number of phenolic OH excluding ortho intramolecular Hbond substituents is 1. The van der Waals surface area contributed by atoms with Gasteiger partial charge in [-0.2, -0.15) is 0 Å². The van der Waals surface area contributed by atoms with Crippen molar-refractivity contribution in [3.05, 3.63) is 66.0 Å². The molecule has 2 heterocycles. The molecule has 184 valence electrons. The number of amides is 1. The molecule has 0 bridgehead atoms. The molecule has 0 aliphatic carbocycles. The third kappa shape index (κ3) is 6.55. The number of aryl methyl sites for hydroxylation is 1. The lowest BCUT2D eigenvalue weighted by Gasteiger charge is -2.14. The molecule has 10 heteroatoms. The van der Waals surface area contributed by atoms with Crippen LogP contribution in [0.25, 0.3) is 0 Å². The summed E-state index contributed by atoms with van der Waals surface area (Å²) >= 11 is 0. The fourth-order valence-corrected chi connectivity index (χ4v) is 5.28. The van der Waals surface area contributed by atoms with E-state index in [-0.39, 0.29) is 17.4 Å². The third-order valence-corrected chi connectivity index (χ3v) is 7.75. The second-order valence-electron chi connectivity index (χ2n) is 8.62. The summed E-state index contributed by atoms with van der Waals surface area (Å²) in [5.74, 6) is 0.0736. The number of nitrogens with zero attached hydrogens (tertiary/aromatic N) is 3. The van der Waals surface area contributed by atoms with Crippen molar-refractivity contribution in [3.8, 4) is 5.75 Å². The van der Waals surface area contributed by atoms with E-state index in [9.17, 15) is 18.3 Å². The first-order chi connectivity index (χ1) is 16.8. The number of sulfone groups is 1. The maximum atomic E-state index is 12.6. The van der Waals surface area contributed by atoms with Crippen LogP contribution in [-0.4, -0.2) is 59.7 Å². The molecule has 4 rings (SSSR count). The highest BCUT2D eigenvalue weighted by molar-refractivity contribution is 7.91. The van der Waals surface area contributed by atoms with E-state index in [1.165, 1.54) is 37.4 Å². The first-order valence-electron chi connectivity index (χ1n) is 11.6. The van der Waals surface area contributed by atoms with Crippen LogP contribution in [0.5, 0.6) is 5.75 Å². The average Bonchev–Trinajstić information content (AvgIpc) is 3.36. The van der Waals surface area contributed by atoms with Crippen molar-refractivity contribution in [1.82, 2.24) is 14.9 Å². The SMILES string of the molecule is Cc1ccc(O)cc1C(=O)Nc1cnc(Nc2ccc(S(=O)(=O)CCCN3CCCC3)cc2)nc1. The number of aromatic nitrogens is 2. The summed E-state index contributed by atoms with van der Waals surface area (Å²) in [5, 5.41) is 15.3. The number of likely N-dealkylation sites (tertiary alicyclic amines) is 1. The molecule has 0 radical (unpaired) electrons. The maximum absolute atomic E-state index is 12.6. The summed E-state index contributed by atoms with van der Waals surface area (Å²) in [5.41, 5.74) is 2.14. The van der Waals surface area contributed by atoms with Gasteiger partial charge in [0, 0.05) is 11.3 Å². The molecule has 1 aliphatic rings. The predicted octanol–water partition coefficient (Wildman–Crippen LogP) is 3.75. The van der Waals surface area contributed by atoms with Gasteiger partial charge in [0.2, 0.25) is 5.95 Å². The van der Waals surface area contributed by atoms with Crippen LogP contribution in [0, 0.1) is 6.92 Å². The Labute approximate surface area is 205 Å². The number of aromatic hydroxyl groups is 1. The molecule has 3 N–H and O–H groups in total. The molecule has 0 saturated carbocycles. The molecule has 1 saturated heterocycles. The van der Waals surface area contributed by atoms with Crippen molar-refractivity contribution in [2.75, 3.05) is 36.0 Å². The molecular formula is C25H29N5O4S. The van der Waals surface area contributed by atoms with Crippen LogP contribution in [0.4, 0.5) is 17.3 Å². The Morgan fingerprint density at radius 3 is 2.40 bits per heavy atom. The van der Waals surface area contributed by atoms with E-state index < -0.39 is 9.84 Å². The Morgan fingerprint density at radius 2 is 1.71 bits per heavy atom. The molecule has 0 spiro atoms. The predicted molar refractivity (Wildman–Crippen MR) is 135 cm³/mol. The lowest BCUT2D eigenvalue weighted by atomic mass is 10.1. The quantitative estimate of drug-likeness (QED) is 0.410. The monoisotopic (exact) mass is 495 g/mol. The van der Waals surface area contributed by atoms with E-state index in [1.54, 1.807) is 37.3 Å². The van der Waals surface area contributed by atoms with Crippen LogP contribution in [0.1, 0.15) is 35.2 Å². The van der Waals surface area contributed by atoms with E-state index >= 15 is 0 Å². The number of benzene rings is 2. The van der Waals surface area contributed by atoms with Crippen LogP contribution < -0.4 is 10.6 Å². The minimum Gasteiger partial charge on any atom is -0.508 e. The standard InChI is InChI=1S/C25H29N5O4S/c1-18-5-8-21(31)15-23(18)24(32)28-20-16-26-25(27-17-20)29-19-6-9-22(10-7-19)35(33,34)14-4-13-30-11-2-3-12-30/h5-10,15-17,31H,2-4,11-14H2,1H3,(H,28,32)(H,26,27,29). The van der Waals surface area contributed by atoms with Crippen molar-refractivity contribution in [2.24, 2.45) is 0 Å². The van der Waals surface area contributed by atoms with E-state index in [1.807, 2.05) is 0 Å². The molecule has 0 unspecified atom stereocenters. The highest BCUT2D eigenvalue weighted by Crippen LogP contribution is 2.20. The van der Waals surface area contributed by atoms with E-state index in [0.717, 1.165) is 25.2 Å². The summed E-state index contributed by atoms with van der Waals surface area (Å²) in [6.45, 7) is 4.73. The molecule has 35 heavy (non-hydrogen) atoms. The number of carbonyl (C=O) groups excluding carboxylic acids is 1. The van der Waals surface area contributed by atoms with E-state index in [4.69, 9.17) is 0 Å². The van der Waals surface area contributed by atoms with Crippen molar-refractivity contribution in [1.29, 1.82) is 0 Å². The van der Waals surface area contributed by atoms with Gasteiger partial charge in [-0.1, -0.05) is 6.07 Å². The second kappa shape index (κ2) is 10.8. The fourth-order valence-electron chi connectivity index (χ4n) is 3.99. The van der Waals surface area contributed by atoms with Gasteiger partial charge in [0.1, 0.15) is 5.75 Å². The van der Waals surface area contributed by atoms with Crippen LogP contribution >= 0.6 is 0 Å². The Balaban J connectivity index is 1.32. The van der Waals surface area contributed by atoms with E-state index in [2.05, 4.69) is 25.5 Å². The molecule has 0 atom stereocenters. The number of carbonyl (C=O) groups is 1. The van der Waals surface area contributed by atoms with Gasteiger partial charge in [0.15, 0.2) is 9.84 Å². The summed E-state index contributed by atoms with van der Waals surface area (Å²) < 4.78 is 25.3. The topological polar surface area (TPSA) is 125 Å². The van der Waals surface area contributed by atoms with Gasteiger partial charge >= 0.3 is 0 Å². The molecule has 3 aromatic rings. The molecule has 1 aliphatic heterocycles. The van der Waals surface area contributed by atoms with Gasteiger partial charge in [0.25, 0.3) is 5.91 Å². The third-order valence-electron chi connectivity index (χ3n) is 5.93. The first kappa shape index (κ1) is 24.6. The number of hydrogen-bond acceptors (Lipinski definition) is 8. The van der Waals surface area contributed by atoms with Gasteiger partial charge in [-0.3, -0.25) is 4.79 Å². The largest absolute Gasteiger partial charge is 0.508 e. The second-order valence-corrected chi connectivity index (χ2v) is 10.7. The summed E-state index contributed by atoms with van der Waals surface area (Å²) in [4.78, 5) is 23.5. The molecule has 9 nitrogen and oxygen atoms in total. The Kier molecular flexibility index (Phi) is 7.62. The fraction of sp³-hybridized carbons (Fsp3) is 0.320. The van der Waals surface area contributed by atoms with Crippen molar-refractivity contribution < 1.29 is 18.3 Å². The van der Waals surface area contributed by atoms with Gasteiger partial charge in [-0.05, 0) is 87.8 Å². The lowest BCUT2D eigenvalue weighted by Crippen LogP contribution is -2.22. The summed E-state index contributed by atoms with van der Waals surface area (Å²) in [6.07, 6.45) is 5.95. The van der Waals surface area contributed by atoms with Gasteiger partial charge in [0.05, 0.1) is 28.7 Å². The van der Waals surface area contributed by atoms with Gasteiger partial charge < -0.3 is 20.6 Å². The van der Waals surface area contributed by atoms with Gasteiger partial charge in [-0.15, -0.1) is 0 Å².